The molecule has 3 rings (SSSR count). The van der Waals surface area contributed by atoms with E-state index < -0.39 is 0 Å². The van der Waals surface area contributed by atoms with Gasteiger partial charge in [0.2, 0.25) is 5.89 Å². The van der Waals surface area contributed by atoms with Gasteiger partial charge in [0.05, 0.1) is 20.8 Å². The van der Waals surface area contributed by atoms with Crippen molar-refractivity contribution in [3.63, 3.8) is 0 Å². The van der Waals surface area contributed by atoms with Crippen molar-refractivity contribution in [3.8, 4) is 28.7 Å². The average molecular weight is 376 g/mol. The van der Waals surface area contributed by atoms with E-state index in [1.54, 1.807) is 38.5 Å². The summed E-state index contributed by atoms with van der Waals surface area (Å²) in [4.78, 5) is 0. The Labute approximate surface area is 154 Å². The summed E-state index contributed by atoms with van der Waals surface area (Å²) in [5.74, 6) is 2.35. The Morgan fingerprint density at radius 2 is 1.88 bits per heavy atom. The summed E-state index contributed by atoms with van der Waals surface area (Å²) in [7, 11) is 3.14. The normalized spacial score (nSPS) is 10.6. The Morgan fingerprint density at radius 3 is 2.65 bits per heavy atom. The molecule has 0 aliphatic carbocycles. The predicted octanol–water partition coefficient (Wildman–Crippen LogP) is 4.06. The van der Waals surface area contributed by atoms with Gasteiger partial charge >= 0.3 is 0 Å². The summed E-state index contributed by atoms with van der Waals surface area (Å²) in [6, 6.07) is 11.4. The van der Waals surface area contributed by atoms with Crippen molar-refractivity contribution in [1.29, 1.82) is 0 Å². The maximum atomic E-state index is 13.1. The van der Waals surface area contributed by atoms with Crippen LogP contribution in [0.3, 0.4) is 0 Å². The molecule has 6 nitrogen and oxygen atoms in total. The van der Waals surface area contributed by atoms with Crippen molar-refractivity contribution in [2.45, 2.75) is 5.22 Å². The van der Waals surface area contributed by atoms with E-state index in [-0.39, 0.29) is 5.82 Å². The van der Waals surface area contributed by atoms with Gasteiger partial charge in [0.15, 0.2) is 11.5 Å². The molecule has 1 aromatic heterocycles. The molecule has 3 aromatic rings. The van der Waals surface area contributed by atoms with Crippen LogP contribution in [0.2, 0.25) is 0 Å². The third-order valence-corrected chi connectivity index (χ3v) is 4.19. The van der Waals surface area contributed by atoms with Crippen LogP contribution in [0.4, 0.5) is 4.39 Å². The van der Waals surface area contributed by atoms with E-state index >= 15 is 0 Å². The molecule has 1 heterocycles. The summed E-state index contributed by atoms with van der Waals surface area (Å²) in [5, 5.41) is 8.48. The highest BCUT2D eigenvalue weighted by atomic mass is 32.2. The molecule has 2 aromatic carbocycles. The van der Waals surface area contributed by atoms with Crippen LogP contribution in [0.1, 0.15) is 0 Å². The zero-order valence-electron chi connectivity index (χ0n) is 14.3. The van der Waals surface area contributed by atoms with E-state index in [0.29, 0.717) is 40.7 Å². The molecule has 26 heavy (non-hydrogen) atoms. The number of nitrogens with zero attached hydrogens (tertiary/aromatic N) is 2. The SMILES string of the molecule is COc1ccc(-c2nnc(SCCOc3cccc(F)c3)o2)cc1OC. The van der Waals surface area contributed by atoms with Crippen LogP contribution in [0, 0.1) is 5.82 Å². The van der Waals surface area contributed by atoms with Gasteiger partial charge in [0.25, 0.3) is 5.22 Å². The smallest absolute Gasteiger partial charge is 0.276 e. The molecular weight excluding hydrogens is 359 g/mol. The van der Waals surface area contributed by atoms with Gasteiger partial charge < -0.3 is 18.6 Å². The number of hydrogen-bond acceptors (Lipinski definition) is 7. The van der Waals surface area contributed by atoms with Crippen LogP contribution >= 0.6 is 11.8 Å². The lowest BCUT2D eigenvalue weighted by Gasteiger charge is -2.07. The maximum Gasteiger partial charge on any atom is 0.276 e. The lowest BCUT2D eigenvalue weighted by Crippen LogP contribution is -2.00. The average Bonchev–Trinajstić information content (AvgIpc) is 3.13. The van der Waals surface area contributed by atoms with Crippen molar-refractivity contribution in [2.24, 2.45) is 0 Å². The van der Waals surface area contributed by atoms with Crippen LogP contribution in [0.15, 0.2) is 52.1 Å². The summed E-state index contributed by atoms with van der Waals surface area (Å²) in [6.45, 7) is 0.391. The summed E-state index contributed by atoms with van der Waals surface area (Å²) >= 11 is 1.36. The number of hydrogen-bond donors (Lipinski definition) is 0. The van der Waals surface area contributed by atoms with Gasteiger partial charge in [-0.2, -0.15) is 0 Å². The predicted molar refractivity (Wildman–Crippen MR) is 95.5 cm³/mol. The van der Waals surface area contributed by atoms with Crippen LogP contribution in [0.5, 0.6) is 17.2 Å². The van der Waals surface area contributed by atoms with Crippen molar-refractivity contribution >= 4 is 11.8 Å². The zero-order chi connectivity index (χ0) is 18.4. The van der Waals surface area contributed by atoms with Gasteiger partial charge in [0, 0.05) is 17.4 Å². The number of ether oxygens (including phenoxy) is 3. The number of methoxy groups -OCH3 is 2. The number of aromatic nitrogens is 2. The fourth-order valence-electron chi connectivity index (χ4n) is 2.20. The molecule has 8 heteroatoms. The molecule has 0 spiro atoms. The van der Waals surface area contributed by atoms with Gasteiger partial charge in [-0.3, -0.25) is 0 Å². The molecule has 0 unspecified atom stereocenters. The van der Waals surface area contributed by atoms with Gasteiger partial charge in [-0.15, -0.1) is 10.2 Å². The molecule has 0 radical (unpaired) electrons. The minimum Gasteiger partial charge on any atom is -0.493 e. The lowest BCUT2D eigenvalue weighted by atomic mass is 10.2. The number of halogens is 1. The van der Waals surface area contributed by atoms with E-state index in [1.807, 2.05) is 6.07 Å². The first-order valence-electron chi connectivity index (χ1n) is 7.76. The Balaban J connectivity index is 1.56. The zero-order valence-corrected chi connectivity index (χ0v) is 15.1. The van der Waals surface area contributed by atoms with Crippen LogP contribution in [-0.4, -0.2) is 36.8 Å². The molecule has 0 aliphatic rings. The standard InChI is InChI=1S/C18H17FN2O4S/c1-22-15-7-6-12(10-16(15)23-2)17-20-21-18(25-17)26-9-8-24-14-5-3-4-13(19)11-14/h3-7,10-11H,8-9H2,1-2H3. The van der Waals surface area contributed by atoms with E-state index in [9.17, 15) is 4.39 Å². The first-order valence-corrected chi connectivity index (χ1v) is 8.75. The Morgan fingerprint density at radius 1 is 1.04 bits per heavy atom. The molecule has 0 bridgehead atoms. The fraction of sp³-hybridized carbons (Fsp3) is 0.222. The number of rotatable bonds is 8. The molecule has 0 saturated heterocycles. The third-order valence-electron chi connectivity index (χ3n) is 3.41. The van der Waals surface area contributed by atoms with Gasteiger partial charge in [0.1, 0.15) is 11.6 Å². The minimum absolute atomic E-state index is 0.327. The largest absolute Gasteiger partial charge is 0.493 e. The molecule has 0 amide bonds. The molecule has 136 valence electrons. The summed E-state index contributed by atoms with van der Waals surface area (Å²) < 4.78 is 34.7. The van der Waals surface area contributed by atoms with Crippen LogP contribution < -0.4 is 14.2 Å². The summed E-state index contributed by atoms with van der Waals surface area (Å²) in [5.41, 5.74) is 0.734. The highest BCUT2D eigenvalue weighted by Gasteiger charge is 2.12. The van der Waals surface area contributed by atoms with Crippen LogP contribution in [0.25, 0.3) is 11.5 Å². The first kappa shape index (κ1) is 18.1. The highest BCUT2D eigenvalue weighted by molar-refractivity contribution is 7.99. The van der Waals surface area contributed by atoms with Crippen molar-refractivity contribution in [1.82, 2.24) is 10.2 Å². The summed E-state index contributed by atoms with van der Waals surface area (Å²) in [6.07, 6.45) is 0. The fourth-order valence-corrected chi connectivity index (χ4v) is 2.78. The second-order valence-electron chi connectivity index (χ2n) is 5.10. The molecule has 0 atom stereocenters. The highest BCUT2D eigenvalue weighted by Crippen LogP contribution is 2.32. The number of thioether (sulfide) groups is 1. The van der Waals surface area contributed by atoms with Crippen molar-refractivity contribution in [3.05, 3.63) is 48.3 Å². The van der Waals surface area contributed by atoms with E-state index in [0.717, 1.165) is 5.56 Å². The van der Waals surface area contributed by atoms with Crippen molar-refractivity contribution < 1.29 is 23.0 Å². The lowest BCUT2D eigenvalue weighted by molar-refractivity contribution is 0.341. The quantitative estimate of drug-likeness (QED) is 0.434. The first-order chi connectivity index (χ1) is 12.7. The topological polar surface area (TPSA) is 66.6 Å². The molecule has 0 N–H and O–H groups in total. The van der Waals surface area contributed by atoms with Gasteiger partial charge in [-0.1, -0.05) is 17.8 Å². The van der Waals surface area contributed by atoms with E-state index in [1.165, 1.54) is 23.9 Å². The Hall–Kier alpha value is -2.74. The Kier molecular flexibility index (Phi) is 5.96. The monoisotopic (exact) mass is 376 g/mol. The Bertz CT molecular complexity index is 872. The molecular formula is C18H17FN2O4S. The second kappa shape index (κ2) is 8.57. The number of benzene rings is 2. The maximum absolute atomic E-state index is 13.1. The van der Waals surface area contributed by atoms with Crippen LogP contribution in [-0.2, 0) is 0 Å². The molecule has 0 aliphatic heterocycles. The van der Waals surface area contributed by atoms with Crippen molar-refractivity contribution in [2.75, 3.05) is 26.6 Å². The van der Waals surface area contributed by atoms with E-state index in [4.69, 9.17) is 18.6 Å². The second-order valence-corrected chi connectivity index (χ2v) is 6.14. The van der Waals surface area contributed by atoms with Gasteiger partial charge in [-0.25, -0.2) is 4.39 Å². The molecule has 0 fully saturated rings. The third kappa shape index (κ3) is 4.45. The minimum atomic E-state index is -0.327. The van der Waals surface area contributed by atoms with E-state index in [2.05, 4.69) is 10.2 Å². The van der Waals surface area contributed by atoms with Gasteiger partial charge in [-0.05, 0) is 30.3 Å². The molecule has 0 saturated carbocycles.